The molecule has 0 saturated heterocycles. The Hall–Kier alpha value is -1.77. The molecule has 2 aromatic carbocycles. The third kappa shape index (κ3) is 3.90. The maximum atomic E-state index is 6.01. The molecule has 0 aliphatic rings. The van der Waals surface area contributed by atoms with Gasteiger partial charge in [0.05, 0.1) is 6.33 Å². The van der Waals surface area contributed by atoms with Crippen LogP contribution < -0.4 is 0 Å². The van der Waals surface area contributed by atoms with E-state index in [1.54, 1.807) is 6.20 Å². The average molecular weight is 331 g/mol. The van der Waals surface area contributed by atoms with Gasteiger partial charge in [0.2, 0.25) is 0 Å². The van der Waals surface area contributed by atoms with Gasteiger partial charge in [0.25, 0.3) is 0 Å². The van der Waals surface area contributed by atoms with E-state index in [-0.39, 0.29) is 0 Å². The summed E-state index contributed by atoms with van der Waals surface area (Å²) in [5.74, 6) is 0.354. The van der Waals surface area contributed by atoms with Crippen LogP contribution in [0.5, 0.6) is 0 Å². The summed E-state index contributed by atoms with van der Waals surface area (Å²) in [6, 6.07) is 16.1. The van der Waals surface area contributed by atoms with Gasteiger partial charge >= 0.3 is 0 Å². The molecule has 3 rings (SSSR count). The fourth-order valence-corrected chi connectivity index (χ4v) is 2.83. The van der Waals surface area contributed by atoms with E-state index < -0.39 is 0 Å². The maximum Gasteiger partial charge on any atom is 0.0946 e. The first-order valence-corrected chi connectivity index (χ1v) is 7.92. The molecule has 22 heavy (non-hydrogen) atoms. The topological polar surface area (TPSA) is 17.8 Å². The molecule has 1 unspecified atom stereocenters. The SMILES string of the molecule is Clc1ccc(CC(Cn2ccnc2)c2ccc(Cl)cc2)cc1. The fraction of sp³-hybridized carbons (Fsp3) is 0.167. The van der Waals surface area contributed by atoms with Gasteiger partial charge in [0, 0.05) is 34.9 Å². The van der Waals surface area contributed by atoms with E-state index in [9.17, 15) is 0 Å². The van der Waals surface area contributed by atoms with Crippen molar-refractivity contribution >= 4 is 23.2 Å². The molecule has 1 aromatic heterocycles. The number of imidazole rings is 1. The average Bonchev–Trinajstić information content (AvgIpc) is 3.03. The van der Waals surface area contributed by atoms with Gasteiger partial charge in [-0.3, -0.25) is 0 Å². The van der Waals surface area contributed by atoms with Crippen molar-refractivity contribution in [1.82, 2.24) is 9.55 Å². The van der Waals surface area contributed by atoms with Gasteiger partial charge in [-0.15, -0.1) is 0 Å². The molecule has 0 spiro atoms. The molecule has 1 heterocycles. The summed E-state index contributed by atoms with van der Waals surface area (Å²) in [7, 11) is 0. The van der Waals surface area contributed by atoms with Gasteiger partial charge in [-0.1, -0.05) is 47.5 Å². The number of aromatic nitrogens is 2. The highest BCUT2D eigenvalue weighted by Gasteiger charge is 2.13. The molecular weight excluding hydrogens is 315 g/mol. The zero-order valence-corrected chi connectivity index (χ0v) is 13.5. The standard InChI is InChI=1S/C18H16Cl2N2/c19-17-5-1-14(2-6-17)11-16(12-22-10-9-21-13-22)15-3-7-18(20)8-4-15/h1-10,13,16H,11-12H2. The summed E-state index contributed by atoms with van der Waals surface area (Å²) in [5.41, 5.74) is 2.54. The quantitative estimate of drug-likeness (QED) is 0.627. The van der Waals surface area contributed by atoms with Crippen LogP contribution in [0.2, 0.25) is 10.0 Å². The lowest BCUT2D eigenvalue weighted by Gasteiger charge is -2.18. The van der Waals surface area contributed by atoms with Crippen LogP contribution in [0.15, 0.2) is 67.3 Å². The highest BCUT2D eigenvalue weighted by Crippen LogP contribution is 2.25. The molecule has 0 amide bonds. The molecule has 4 heteroatoms. The number of rotatable bonds is 5. The largest absolute Gasteiger partial charge is 0.337 e. The smallest absolute Gasteiger partial charge is 0.0946 e. The molecule has 0 N–H and O–H groups in total. The molecule has 112 valence electrons. The number of benzene rings is 2. The molecule has 0 saturated carbocycles. The van der Waals surface area contributed by atoms with Crippen molar-refractivity contribution < 1.29 is 0 Å². The Bertz CT molecular complexity index is 704. The Kier molecular flexibility index (Phi) is 4.81. The van der Waals surface area contributed by atoms with Crippen LogP contribution in [-0.4, -0.2) is 9.55 Å². The minimum atomic E-state index is 0.354. The van der Waals surface area contributed by atoms with Crippen molar-refractivity contribution in [2.75, 3.05) is 0 Å². The van der Waals surface area contributed by atoms with Crippen molar-refractivity contribution in [1.29, 1.82) is 0 Å². The van der Waals surface area contributed by atoms with Gasteiger partial charge < -0.3 is 4.57 Å². The van der Waals surface area contributed by atoms with Crippen molar-refractivity contribution in [2.24, 2.45) is 0 Å². The molecule has 2 nitrogen and oxygen atoms in total. The lowest BCUT2D eigenvalue weighted by atomic mass is 9.92. The Morgan fingerprint density at radius 1 is 0.909 bits per heavy atom. The lowest BCUT2D eigenvalue weighted by molar-refractivity contribution is 0.556. The minimum Gasteiger partial charge on any atom is -0.337 e. The second-order valence-corrected chi connectivity index (χ2v) is 6.21. The molecule has 1 atom stereocenters. The predicted octanol–water partition coefficient (Wildman–Crippen LogP) is 5.22. The number of halogens is 2. The predicted molar refractivity (Wildman–Crippen MR) is 91.6 cm³/mol. The zero-order chi connectivity index (χ0) is 15.4. The van der Waals surface area contributed by atoms with E-state index in [0.29, 0.717) is 5.92 Å². The first-order valence-electron chi connectivity index (χ1n) is 7.16. The monoisotopic (exact) mass is 330 g/mol. The van der Waals surface area contributed by atoms with Crippen LogP contribution in [-0.2, 0) is 13.0 Å². The summed E-state index contributed by atoms with van der Waals surface area (Å²) in [6.07, 6.45) is 6.59. The summed E-state index contributed by atoms with van der Waals surface area (Å²) < 4.78 is 2.11. The third-order valence-electron chi connectivity index (χ3n) is 3.73. The van der Waals surface area contributed by atoms with Crippen LogP contribution in [0.3, 0.4) is 0 Å². The van der Waals surface area contributed by atoms with Crippen LogP contribution in [0.25, 0.3) is 0 Å². The van der Waals surface area contributed by atoms with Gasteiger partial charge in [-0.2, -0.15) is 0 Å². The van der Waals surface area contributed by atoms with Crippen molar-refractivity contribution in [3.05, 3.63) is 88.4 Å². The molecule has 0 aliphatic heterocycles. The summed E-state index contributed by atoms with van der Waals surface area (Å²) in [6.45, 7) is 0.879. The van der Waals surface area contributed by atoms with Crippen molar-refractivity contribution in [2.45, 2.75) is 18.9 Å². The van der Waals surface area contributed by atoms with Gasteiger partial charge in [-0.25, -0.2) is 4.98 Å². The number of hydrogen-bond acceptors (Lipinski definition) is 1. The minimum absolute atomic E-state index is 0.354. The summed E-state index contributed by atoms with van der Waals surface area (Å²) in [4.78, 5) is 4.13. The van der Waals surface area contributed by atoms with Crippen molar-refractivity contribution in [3.63, 3.8) is 0 Å². The first kappa shape index (κ1) is 15.1. The molecule has 0 fully saturated rings. The molecular formula is C18H16Cl2N2. The highest BCUT2D eigenvalue weighted by atomic mass is 35.5. The second kappa shape index (κ2) is 6.99. The van der Waals surface area contributed by atoms with E-state index >= 15 is 0 Å². The van der Waals surface area contributed by atoms with Gasteiger partial charge in [0.15, 0.2) is 0 Å². The van der Waals surface area contributed by atoms with Crippen LogP contribution in [0.4, 0.5) is 0 Å². The number of nitrogens with zero attached hydrogens (tertiary/aromatic N) is 2. The molecule has 0 radical (unpaired) electrons. The molecule has 3 aromatic rings. The lowest BCUT2D eigenvalue weighted by Crippen LogP contribution is -2.11. The fourth-order valence-electron chi connectivity index (χ4n) is 2.58. The molecule has 0 aliphatic carbocycles. The van der Waals surface area contributed by atoms with E-state index in [0.717, 1.165) is 23.0 Å². The normalized spacial score (nSPS) is 12.3. The van der Waals surface area contributed by atoms with E-state index in [2.05, 4.69) is 33.8 Å². The molecule has 0 bridgehead atoms. The summed E-state index contributed by atoms with van der Waals surface area (Å²) >= 11 is 12.0. The van der Waals surface area contributed by atoms with E-state index in [1.807, 2.05) is 36.8 Å². The Morgan fingerprint density at radius 2 is 1.55 bits per heavy atom. The highest BCUT2D eigenvalue weighted by molar-refractivity contribution is 6.30. The van der Waals surface area contributed by atoms with E-state index in [4.69, 9.17) is 23.2 Å². The number of hydrogen-bond donors (Lipinski definition) is 0. The zero-order valence-electron chi connectivity index (χ0n) is 12.0. The van der Waals surface area contributed by atoms with Crippen molar-refractivity contribution in [3.8, 4) is 0 Å². The summed E-state index contributed by atoms with van der Waals surface area (Å²) in [5, 5.41) is 1.53. The van der Waals surface area contributed by atoms with E-state index in [1.165, 1.54) is 11.1 Å². The van der Waals surface area contributed by atoms with Crippen LogP contribution in [0.1, 0.15) is 17.0 Å². The maximum absolute atomic E-state index is 6.01. The second-order valence-electron chi connectivity index (χ2n) is 5.34. The van der Waals surface area contributed by atoms with Crippen LogP contribution in [0, 0.1) is 0 Å². The Labute approximate surface area is 140 Å². The van der Waals surface area contributed by atoms with Gasteiger partial charge in [-0.05, 0) is 41.8 Å². The van der Waals surface area contributed by atoms with Gasteiger partial charge in [0.1, 0.15) is 0 Å². The first-order chi connectivity index (χ1) is 10.7. The third-order valence-corrected chi connectivity index (χ3v) is 4.23. The Balaban J connectivity index is 1.84. The van der Waals surface area contributed by atoms with Crippen LogP contribution >= 0.6 is 23.2 Å². The Morgan fingerprint density at radius 3 is 2.14 bits per heavy atom.